The Bertz CT molecular complexity index is 305. The molecule has 3 nitrogen and oxygen atoms in total. The molecule has 0 spiro atoms. The molecule has 0 heterocycles. The lowest BCUT2D eigenvalue weighted by atomic mass is 10.1. The molecule has 0 aliphatic carbocycles. The molecule has 0 aromatic heterocycles. The second-order valence-electron chi connectivity index (χ2n) is 3.29. The minimum Gasteiger partial charge on any atom is -0.399 e. The third-order valence-electron chi connectivity index (χ3n) is 1.68. The van der Waals surface area contributed by atoms with E-state index in [9.17, 15) is 0 Å². The Kier molecular flexibility index (Phi) is 2.90. The van der Waals surface area contributed by atoms with E-state index in [2.05, 4.69) is 19.2 Å². The molecular formula is C10H15N3. The molecular weight excluding hydrogens is 162 g/mol. The lowest BCUT2D eigenvalue weighted by molar-refractivity contribution is 0.899. The predicted molar refractivity (Wildman–Crippen MR) is 57.5 cm³/mol. The Hall–Kier alpha value is -1.51. The fraction of sp³-hybridized carbons (Fsp3) is 0.300. The van der Waals surface area contributed by atoms with Gasteiger partial charge in [-0.2, -0.15) is 0 Å². The van der Waals surface area contributed by atoms with Crippen molar-refractivity contribution in [3.05, 3.63) is 23.8 Å². The van der Waals surface area contributed by atoms with Crippen LogP contribution in [0.1, 0.15) is 19.4 Å². The summed E-state index contributed by atoms with van der Waals surface area (Å²) in [5.41, 5.74) is 8.14. The smallest absolute Gasteiger partial charge is 0.0451 e. The van der Waals surface area contributed by atoms with Gasteiger partial charge in [0.25, 0.3) is 0 Å². The fourth-order valence-electron chi connectivity index (χ4n) is 1.14. The first-order valence-electron chi connectivity index (χ1n) is 4.30. The van der Waals surface area contributed by atoms with Crippen LogP contribution in [0.4, 0.5) is 11.4 Å². The normalized spacial score (nSPS) is 10.1. The molecule has 0 amide bonds. The van der Waals surface area contributed by atoms with Gasteiger partial charge < -0.3 is 16.5 Å². The largest absolute Gasteiger partial charge is 0.399 e. The zero-order chi connectivity index (χ0) is 9.84. The lowest BCUT2D eigenvalue weighted by Gasteiger charge is -2.12. The van der Waals surface area contributed by atoms with E-state index in [-0.39, 0.29) is 0 Å². The third-order valence-corrected chi connectivity index (χ3v) is 1.68. The van der Waals surface area contributed by atoms with Crippen molar-refractivity contribution in [1.29, 1.82) is 5.41 Å². The molecule has 0 fully saturated rings. The Morgan fingerprint density at radius 1 is 1.46 bits per heavy atom. The highest BCUT2D eigenvalue weighted by molar-refractivity contribution is 5.87. The minimum absolute atomic E-state index is 0.348. The first-order valence-corrected chi connectivity index (χ1v) is 4.30. The molecule has 1 aromatic rings. The van der Waals surface area contributed by atoms with Crippen LogP contribution in [0.2, 0.25) is 0 Å². The summed E-state index contributed by atoms with van der Waals surface area (Å²) in [6, 6.07) is 5.83. The number of nitrogens with two attached hydrogens (primary N) is 1. The van der Waals surface area contributed by atoms with Crippen molar-refractivity contribution >= 4 is 17.6 Å². The minimum atomic E-state index is 0.348. The summed E-state index contributed by atoms with van der Waals surface area (Å²) in [4.78, 5) is 0. The van der Waals surface area contributed by atoms with Crippen molar-refractivity contribution in [2.24, 2.45) is 0 Å². The molecule has 1 rings (SSSR count). The summed E-state index contributed by atoms with van der Waals surface area (Å²) >= 11 is 0. The maximum Gasteiger partial charge on any atom is 0.0451 e. The molecule has 0 saturated carbocycles. The molecule has 0 saturated heterocycles. The predicted octanol–water partition coefficient (Wildman–Crippen LogP) is 2.09. The molecule has 0 unspecified atom stereocenters. The van der Waals surface area contributed by atoms with Gasteiger partial charge in [0, 0.05) is 29.2 Å². The summed E-state index contributed by atoms with van der Waals surface area (Å²) in [6.45, 7) is 4.10. The van der Waals surface area contributed by atoms with Crippen LogP contribution >= 0.6 is 0 Å². The Morgan fingerprint density at radius 3 is 2.69 bits per heavy atom. The molecule has 13 heavy (non-hydrogen) atoms. The van der Waals surface area contributed by atoms with Crippen molar-refractivity contribution in [1.82, 2.24) is 0 Å². The Labute approximate surface area is 78.5 Å². The van der Waals surface area contributed by atoms with Gasteiger partial charge in [0.2, 0.25) is 0 Å². The maximum atomic E-state index is 7.19. The molecule has 0 atom stereocenters. The fourth-order valence-corrected chi connectivity index (χ4v) is 1.14. The summed E-state index contributed by atoms with van der Waals surface area (Å²) in [5.74, 6) is 0. The van der Waals surface area contributed by atoms with Crippen LogP contribution in [0, 0.1) is 5.41 Å². The van der Waals surface area contributed by atoms with E-state index in [1.807, 2.05) is 12.1 Å². The van der Waals surface area contributed by atoms with E-state index in [1.165, 1.54) is 6.21 Å². The molecule has 0 radical (unpaired) electrons. The standard InChI is InChI=1S/C10H15N3/c1-7(2)13-10-5-9(12)4-3-8(10)6-11/h3-7,11,13H,12H2,1-2H3. The van der Waals surface area contributed by atoms with Crippen LogP contribution < -0.4 is 11.1 Å². The van der Waals surface area contributed by atoms with Gasteiger partial charge in [-0.25, -0.2) is 0 Å². The first-order chi connectivity index (χ1) is 6.13. The second-order valence-corrected chi connectivity index (χ2v) is 3.29. The third kappa shape index (κ3) is 2.47. The zero-order valence-corrected chi connectivity index (χ0v) is 7.96. The molecule has 0 aliphatic rings. The topological polar surface area (TPSA) is 61.9 Å². The van der Waals surface area contributed by atoms with Crippen LogP contribution in [0.15, 0.2) is 18.2 Å². The van der Waals surface area contributed by atoms with Gasteiger partial charge in [0.1, 0.15) is 0 Å². The van der Waals surface area contributed by atoms with Crippen molar-refractivity contribution in [3.8, 4) is 0 Å². The van der Waals surface area contributed by atoms with Gasteiger partial charge >= 0.3 is 0 Å². The Balaban J connectivity index is 3.01. The number of hydrogen-bond acceptors (Lipinski definition) is 3. The van der Waals surface area contributed by atoms with Crippen LogP contribution in [0.3, 0.4) is 0 Å². The maximum absolute atomic E-state index is 7.19. The van der Waals surface area contributed by atoms with Crippen molar-refractivity contribution in [3.63, 3.8) is 0 Å². The van der Waals surface area contributed by atoms with Crippen LogP contribution in [-0.4, -0.2) is 12.3 Å². The number of anilines is 2. The molecule has 0 aliphatic heterocycles. The van der Waals surface area contributed by atoms with Gasteiger partial charge in [-0.05, 0) is 32.0 Å². The average molecular weight is 177 g/mol. The quantitative estimate of drug-likeness (QED) is 0.489. The van der Waals surface area contributed by atoms with E-state index >= 15 is 0 Å². The van der Waals surface area contributed by atoms with Gasteiger partial charge in [0.15, 0.2) is 0 Å². The van der Waals surface area contributed by atoms with Crippen LogP contribution in [0.5, 0.6) is 0 Å². The second kappa shape index (κ2) is 3.94. The van der Waals surface area contributed by atoms with Crippen molar-refractivity contribution in [2.75, 3.05) is 11.1 Å². The average Bonchev–Trinajstić information content (AvgIpc) is 2.03. The van der Waals surface area contributed by atoms with Gasteiger partial charge in [0.05, 0.1) is 0 Å². The first kappa shape index (κ1) is 9.58. The van der Waals surface area contributed by atoms with E-state index < -0.39 is 0 Å². The summed E-state index contributed by atoms with van der Waals surface area (Å²) in [7, 11) is 0. The summed E-state index contributed by atoms with van der Waals surface area (Å²) in [5, 5.41) is 10.4. The summed E-state index contributed by atoms with van der Waals surface area (Å²) < 4.78 is 0. The summed E-state index contributed by atoms with van der Waals surface area (Å²) in [6.07, 6.45) is 1.32. The molecule has 1 aromatic carbocycles. The van der Waals surface area contributed by atoms with E-state index in [0.29, 0.717) is 11.7 Å². The highest BCUT2D eigenvalue weighted by atomic mass is 14.9. The number of nitrogen functional groups attached to an aromatic ring is 1. The number of hydrogen-bond donors (Lipinski definition) is 3. The van der Waals surface area contributed by atoms with Gasteiger partial charge in [-0.1, -0.05) is 0 Å². The van der Waals surface area contributed by atoms with Gasteiger partial charge in [-0.3, -0.25) is 0 Å². The zero-order valence-electron chi connectivity index (χ0n) is 7.96. The Morgan fingerprint density at radius 2 is 2.15 bits per heavy atom. The number of benzene rings is 1. The van der Waals surface area contributed by atoms with Crippen LogP contribution in [-0.2, 0) is 0 Å². The highest BCUT2D eigenvalue weighted by Gasteiger charge is 2.01. The number of rotatable bonds is 3. The van der Waals surface area contributed by atoms with E-state index in [1.54, 1.807) is 6.07 Å². The highest BCUT2D eigenvalue weighted by Crippen LogP contribution is 2.18. The SMILES string of the molecule is CC(C)Nc1cc(N)ccc1C=N. The monoisotopic (exact) mass is 177 g/mol. The van der Waals surface area contributed by atoms with Crippen LogP contribution in [0.25, 0.3) is 0 Å². The van der Waals surface area contributed by atoms with E-state index in [4.69, 9.17) is 11.1 Å². The molecule has 3 heteroatoms. The van der Waals surface area contributed by atoms with Crippen molar-refractivity contribution < 1.29 is 0 Å². The lowest BCUT2D eigenvalue weighted by Crippen LogP contribution is -2.11. The molecule has 70 valence electrons. The molecule has 0 bridgehead atoms. The van der Waals surface area contributed by atoms with Gasteiger partial charge in [-0.15, -0.1) is 0 Å². The number of nitrogens with one attached hydrogen (secondary N) is 2. The van der Waals surface area contributed by atoms with E-state index in [0.717, 1.165) is 11.3 Å². The molecule has 4 N–H and O–H groups in total. The van der Waals surface area contributed by atoms with Crippen molar-refractivity contribution in [2.45, 2.75) is 19.9 Å².